The van der Waals surface area contributed by atoms with Crippen LogP contribution in [-0.2, 0) is 21.4 Å². The van der Waals surface area contributed by atoms with E-state index in [2.05, 4.69) is 112 Å². The molecule has 2 bridgehead atoms. The highest BCUT2D eigenvalue weighted by Crippen LogP contribution is 2.56. The third-order valence-corrected chi connectivity index (χ3v) is 12.5. The number of benzene rings is 3. The number of carboxylic acid groups (broad SMARTS) is 2. The van der Waals surface area contributed by atoms with Gasteiger partial charge >= 0.3 is 11.9 Å². The number of ether oxygens (including phenoxy) is 1. The van der Waals surface area contributed by atoms with Gasteiger partial charge in [-0.2, -0.15) is 0 Å². The molecule has 0 amide bonds. The molecular formula is C48H65Br2ClN4O6. The number of hydrogen-bond donors (Lipinski definition) is 4. The lowest BCUT2D eigenvalue weighted by Gasteiger charge is -2.58. The fourth-order valence-corrected chi connectivity index (χ4v) is 8.96. The Bertz CT molecular complexity index is 1910. The van der Waals surface area contributed by atoms with Crippen LogP contribution in [0.3, 0.4) is 0 Å². The van der Waals surface area contributed by atoms with Crippen LogP contribution in [0.5, 0.6) is 5.75 Å². The van der Waals surface area contributed by atoms with Crippen LogP contribution in [0.25, 0.3) is 0 Å². The second-order valence-corrected chi connectivity index (χ2v) is 16.8. The summed E-state index contributed by atoms with van der Waals surface area (Å²) in [5, 5.41) is 28.4. The van der Waals surface area contributed by atoms with Gasteiger partial charge in [0, 0.05) is 51.9 Å². The number of aliphatic hydroxyl groups is 1. The number of carbonyl (C=O) groups is 2. The molecule has 3 aliphatic rings. The molecule has 2 aliphatic carbocycles. The van der Waals surface area contributed by atoms with Crippen molar-refractivity contribution in [2.75, 3.05) is 48.4 Å². The molecule has 2 fully saturated rings. The minimum absolute atomic E-state index is 0. The van der Waals surface area contributed by atoms with E-state index in [9.17, 15) is 14.7 Å². The predicted molar refractivity (Wildman–Crippen MR) is 257 cm³/mol. The van der Waals surface area contributed by atoms with Crippen LogP contribution in [-0.4, -0.2) is 103 Å². The van der Waals surface area contributed by atoms with Crippen molar-refractivity contribution < 1.29 is 29.6 Å². The molecule has 13 heteroatoms. The van der Waals surface area contributed by atoms with Gasteiger partial charge in [-0.1, -0.05) is 83.4 Å². The number of likely N-dealkylation sites (tertiary alicyclic amines) is 1. The largest absolute Gasteiger partial charge is 0.497 e. The molecule has 334 valence electrons. The van der Waals surface area contributed by atoms with Crippen LogP contribution in [0.15, 0.2) is 114 Å². The minimum Gasteiger partial charge on any atom is -0.497 e. The summed E-state index contributed by atoms with van der Waals surface area (Å²) in [4.78, 5) is 28.5. The maximum Gasteiger partial charge on any atom is 0.328 e. The molecule has 3 aromatic carbocycles. The summed E-state index contributed by atoms with van der Waals surface area (Å²) < 4.78 is 6.62. The number of rotatable bonds is 11. The molecule has 1 saturated heterocycles. The third kappa shape index (κ3) is 15.6. The number of piperidine rings is 1. The molecule has 0 radical (unpaired) electrons. The van der Waals surface area contributed by atoms with Gasteiger partial charge in [0.1, 0.15) is 5.75 Å². The van der Waals surface area contributed by atoms with Crippen LogP contribution >= 0.6 is 45.3 Å². The number of likely N-dealkylation sites (N-methyl/N-ethyl adjacent to an activating group) is 2. The zero-order valence-electron chi connectivity index (χ0n) is 36.2. The Labute approximate surface area is 388 Å². The summed E-state index contributed by atoms with van der Waals surface area (Å²) in [5.74, 6) is -0.245. The van der Waals surface area contributed by atoms with E-state index in [4.69, 9.17) is 14.9 Å². The second kappa shape index (κ2) is 26.8. The zero-order chi connectivity index (χ0) is 43.0. The first-order valence-electron chi connectivity index (χ1n) is 20.5. The summed E-state index contributed by atoms with van der Waals surface area (Å²) in [6.45, 7) is 4.27. The highest BCUT2D eigenvalue weighted by atomic mass is 79.9. The van der Waals surface area contributed by atoms with E-state index in [0.29, 0.717) is 23.5 Å². The molecular weight excluding hydrogens is 924 g/mol. The topological polar surface area (TPSA) is 135 Å². The van der Waals surface area contributed by atoms with E-state index in [1.165, 1.54) is 50.6 Å². The lowest BCUT2D eigenvalue weighted by atomic mass is 9.52. The van der Waals surface area contributed by atoms with Gasteiger partial charge in [-0.25, -0.2) is 9.59 Å². The van der Waals surface area contributed by atoms with E-state index < -0.39 is 18.0 Å². The molecule has 6 atom stereocenters. The van der Waals surface area contributed by atoms with Crippen molar-refractivity contribution in [1.82, 2.24) is 20.1 Å². The van der Waals surface area contributed by atoms with Gasteiger partial charge in [-0.3, -0.25) is 4.98 Å². The van der Waals surface area contributed by atoms with Crippen LogP contribution in [0.1, 0.15) is 85.4 Å². The number of nitrogens with zero attached hydrogens (tertiary/aromatic N) is 3. The first kappa shape index (κ1) is 53.5. The summed E-state index contributed by atoms with van der Waals surface area (Å²) in [6.07, 6.45) is 11.9. The fraction of sp³-hybridized carbons (Fsp3) is 0.438. The van der Waals surface area contributed by atoms with Crippen LogP contribution < -0.4 is 10.1 Å². The number of nitrogens with one attached hydrogen (secondary N) is 1. The van der Waals surface area contributed by atoms with Crippen molar-refractivity contribution in [3.8, 4) is 5.75 Å². The van der Waals surface area contributed by atoms with Gasteiger partial charge in [0.2, 0.25) is 0 Å². The van der Waals surface area contributed by atoms with Gasteiger partial charge in [0.05, 0.1) is 13.2 Å². The summed E-state index contributed by atoms with van der Waals surface area (Å²) >= 11 is 3.49. The fourth-order valence-electron chi connectivity index (χ4n) is 8.69. The molecule has 1 saturated carbocycles. The van der Waals surface area contributed by atoms with E-state index in [1.807, 2.05) is 56.6 Å². The molecule has 2 heterocycles. The number of fused-ring (bicyclic) bond motifs is 1. The van der Waals surface area contributed by atoms with Crippen molar-refractivity contribution >= 4 is 57.3 Å². The smallest absolute Gasteiger partial charge is 0.328 e. The van der Waals surface area contributed by atoms with Crippen molar-refractivity contribution in [1.29, 1.82) is 0 Å². The number of methoxy groups -OCH3 is 1. The maximum atomic E-state index is 9.73. The number of aromatic nitrogens is 1. The summed E-state index contributed by atoms with van der Waals surface area (Å²) in [5.41, 5.74) is 7.10. The summed E-state index contributed by atoms with van der Waals surface area (Å²) in [7, 11) is 10.2. The maximum absolute atomic E-state index is 9.73. The van der Waals surface area contributed by atoms with E-state index in [1.54, 1.807) is 18.2 Å². The average molecular weight is 989 g/mol. The molecule has 10 nitrogen and oxygen atoms in total. The van der Waals surface area contributed by atoms with E-state index in [-0.39, 0.29) is 35.4 Å². The van der Waals surface area contributed by atoms with Crippen LogP contribution in [0.2, 0.25) is 0 Å². The molecule has 7 rings (SSSR count). The molecule has 1 aromatic heterocycles. The Morgan fingerprint density at radius 2 is 1.62 bits per heavy atom. The Morgan fingerprint density at radius 3 is 2.20 bits per heavy atom. The van der Waals surface area contributed by atoms with E-state index in [0.717, 1.165) is 46.4 Å². The lowest BCUT2D eigenvalue weighted by molar-refractivity contribution is -0.134. The molecule has 0 spiro atoms. The minimum atomic E-state index is -1.26. The van der Waals surface area contributed by atoms with Crippen LogP contribution in [0, 0.1) is 5.92 Å². The quantitative estimate of drug-likeness (QED) is 0.108. The first-order chi connectivity index (χ1) is 28.3. The summed E-state index contributed by atoms with van der Waals surface area (Å²) in [6, 6.07) is 32.0. The number of aliphatic hydroxyl groups excluding tert-OH is 1. The number of aliphatic carboxylic acids is 2. The first-order valence-corrected chi connectivity index (χ1v) is 21.3. The zero-order valence-corrected chi connectivity index (χ0v) is 40.4. The normalized spacial score (nSPS) is 20.1. The number of hydrogen-bond acceptors (Lipinski definition) is 8. The highest BCUT2D eigenvalue weighted by Gasteiger charge is 2.53. The van der Waals surface area contributed by atoms with Gasteiger partial charge in [0.15, 0.2) is 0 Å². The Balaban J connectivity index is 0.000000292. The van der Waals surface area contributed by atoms with Crippen molar-refractivity contribution in [2.24, 2.45) is 5.92 Å². The molecule has 1 aliphatic heterocycles. The third-order valence-electron chi connectivity index (χ3n) is 11.9. The molecule has 4 N–H and O–H groups in total. The number of carboxylic acids is 2. The number of halogens is 3. The lowest BCUT2D eigenvalue weighted by Crippen LogP contribution is -2.59. The standard InChI is InChI=1S/C18H25NO.C16H19BrN2.C10H15NO.C4H4O4.BrH.ClH/c1-19-10-9-18-8-4-3-5-15(18)17(19)11-13-6-7-14(20-2)12-16(13)18;1-19(2)12-10-15(16-5-3-4-11-18-16)13-6-8-14(17)9-7-13;1-8(11-2)10(12)9-6-4-3-5-7-9;5-3(6)1-2-4(7)8;;/h6-7,12,15,17H,3-5,8-11H2,1-2H3;3-9,11,15H,10,12H2,1-2H3;3-8,10-12H,1-2H3;1-2H,(H,5,6)(H,7,8);2*1H/b;;;2-1-;;/t15-,17+,18+;15-;8-,10+;;;/m100.../s1. The highest BCUT2D eigenvalue weighted by molar-refractivity contribution is 9.10. The monoisotopic (exact) mass is 986 g/mol. The van der Waals surface area contributed by atoms with Gasteiger partial charge < -0.3 is 35.2 Å². The van der Waals surface area contributed by atoms with Gasteiger partial charge in [-0.05, 0) is 145 Å². The van der Waals surface area contributed by atoms with Gasteiger partial charge in [0.25, 0.3) is 0 Å². The SMILES string of the molecule is Br.CN(C)CC[C@@H](c1ccc(Br)cc1)c1ccccn1.CN[C@@H](C)[C@@H](O)c1ccccc1.COc1ccc2c(c1)[C@]13CCCC[C@@H]1[C@H](C2)N(C)CC3.Cl.O=C(O)/C=C\C(=O)O. The Kier molecular flexibility index (Phi) is 23.5. The van der Waals surface area contributed by atoms with Crippen molar-refractivity contribution in [3.63, 3.8) is 0 Å². The Morgan fingerprint density at radius 1 is 0.967 bits per heavy atom. The average Bonchev–Trinajstić information content (AvgIpc) is 3.25. The Hall–Kier alpha value is -3.62. The van der Waals surface area contributed by atoms with Crippen molar-refractivity contribution in [2.45, 2.75) is 81.4 Å². The number of pyridine rings is 1. The van der Waals surface area contributed by atoms with E-state index >= 15 is 0 Å². The second-order valence-electron chi connectivity index (χ2n) is 15.9. The predicted octanol–water partition coefficient (Wildman–Crippen LogP) is 9.35. The molecule has 0 unspecified atom stereocenters. The van der Waals surface area contributed by atoms with Crippen molar-refractivity contribution in [3.05, 3.63) is 142 Å². The molecule has 4 aromatic rings. The van der Waals surface area contributed by atoms with Gasteiger partial charge in [-0.15, -0.1) is 29.4 Å². The molecule has 61 heavy (non-hydrogen) atoms. The van der Waals surface area contributed by atoms with Crippen LogP contribution in [0.4, 0.5) is 0 Å².